The third-order valence-corrected chi connectivity index (χ3v) is 2.10. The van der Waals surface area contributed by atoms with Gasteiger partial charge in [0.25, 0.3) is 0 Å². The van der Waals surface area contributed by atoms with E-state index >= 15 is 0 Å². The Morgan fingerprint density at radius 1 is 1.62 bits per heavy atom. The summed E-state index contributed by atoms with van der Waals surface area (Å²) in [5, 5.41) is 0.526. The van der Waals surface area contributed by atoms with E-state index in [9.17, 15) is 0 Å². The number of pyridine rings is 1. The van der Waals surface area contributed by atoms with Gasteiger partial charge in [-0.05, 0) is 12.5 Å². The van der Waals surface area contributed by atoms with Crippen molar-refractivity contribution in [3.8, 4) is 0 Å². The molecule has 0 aliphatic carbocycles. The molecule has 2 nitrogen and oxygen atoms in total. The molecular formula is C9H14Cl2N2. The maximum Gasteiger partial charge on any atom is 0.133 e. The van der Waals surface area contributed by atoms with Gasteiger partial charge >= 0.3 is 0 Å². The summed E-state index contributed by atoms with van der Waals surface area (Å²) in [6, 6.07) is 3.81. The molecular weight excluding hydrogens is 207 g/mol. The van der Waals surface area contributed by atoms with Crippen molar-refractivity contribution < 1.29 is 0 Å². The second-order valence-corrected chi connectivity index (χ2v) is 3.14. The van der Waals surface area contributed by atoms with Gasteiger partial charge in [0, 0.05) is 17.8 Å². The van der Waals surface area contributed by atoms with Crippen molar-refractivity contribution in [2.75, 3.05) is 0 Å². The lowest BCUT2D eigenvalue weighted by atomic mass is 10.1. The molecule has 1 heterocycles. The quantitative estimate of drug-likeness (QED) is 0.797. The molecule has 0 saturated heterocycles. The van der Waals surface area contributed by atoms with Crippen LogP contribution in [-0.4, -0.2) is 4.98 Å². The first kappa shape index (κ1) is 12.7. The second kappa shape index (κ2) is 6.19. The number of rotatable bonds is 3. The van der Waals surface area contributed by atoms with E-state index in [0.29, 0.717) is 5.15 Å². The first-order valence-corrected chi connectivity index (χ1v) is 4.49. The van der Waals surface area contributed by atoms with Crippen LogP contribution in [0.2, 0.25) is 5.15 Å². The first-order valence-electron chi connectivity index (χ1n) is 4.11. The highest BCUT2D eigenvalue weighted by Crippen LogP contribution is 2.21. The number of hydrogen-bond acceptors (Lipinski definition) is 2. The summed E-state index contributed by atoms with van der Waals surface area (Å²) < 4.78 is 0. The van der Waals surface area contributed by atoms with Gasteiger partial charge in [0.05, 0.1) is 0 Å². The SMILES string of the molecule is CCC[C@@H](N)c1cccnc1Cl.Cl. The molecule has 0 aliphatic rings. The van der Waals surface area contributed by atoms with E-state index in [4.69, 9.17) is 17.3 Å². The van der Waals surface area contributed by atoms with Crippen molar-refractivity contribution in [1.82, 2.24) is 4.98 Å². The van der Waals surface area contributed by atoms with Crippen LogP contribution >= 0.6 is 24.0 Å². The Labute approximate surface area is 89.9 Å². The zero-order valence-corrected chi connectivity index (χ0v) is 9.11. The average Bonchev–Trinajstić information content (AvgIpc) is 2.05. The largest absolute Gasteiger partial charge is 0.324 e. The van der Waals surface area contributed by atoms with Gasteiger partial charge < -0.3 is 5.73 Å². The number of hydrogen-bond donors (Lipinski definition) is 1. The van der Waals surface area contributed by atoms with Crippen molar-refractivity contribution in [3.63, 3.8) is 0 Å². The number of nitrogens with zero attached hydrogens (tertiary/aromatic N) is 1. The van der Waals surface area contributed by atoms with Gasteiger partial charge in [0.1, 0.15) is 5.15 Å². The molecule has 2 N–H and O–H groups in total. The lowest BCUT2D eigenvalue weighted by molar-refractivity contribution is 0.636. The summed E-state index contributed by atoms with van der Waals surface area (Å²) in [5.41, 5.74) is 6.83. The third kappa shape index (κ3) is 3.51. The van der Waals surface area contributed by atoms with Crippen molar-refractivity contribution in [2.24, 2.45) is 5.73 Å². The highest BCUT2D eigenvalue weighted by molar-refractivity contribution is 6.30. The van der Waals surface area contributed by atoms with E-state index in [1.54, 1.807) is 6.20 Å². The summed E-state index contributed by atoms with van der Waals surface area (Å²) in [6.45, 7) is 2.10. The molecule has 4 heteroatoms. The van der Waals surface area contributed by atoms with Crippen molar-refractivity contribution in [3.05, 3.63) is 29.0 Å². The van der Waals surface area contributed by atoms with Crippen molar-refractivity contribution in [1.29, 1.82) is 0 Å². The number of halogens is 2. The van der Waals surface area contributed by atoms with Crippen molar-refractivity contribution in [2.45, 2.75) is 25.8 Å². The summed E-state index contributed by atoms with van der Waals surface area (Å²) in [7, 11) is 0. The minimum Gasteiger partial charge on any atom is -0.324 e. The molecule has 0 fully saturated rings. The molecule has 0 radical (unpaired) electrons. The average molecular weight is 221 g/mol. The topological polar surface area (TPSA) is 38.9 Å². The van der Waals surface area contributed by atoms with Crippen LogP contribution in [0.5, 0.6) is 0 Å². The number of nitrogens with two attached hydrogens (primary N) is 1. The summed E-state index contributed by atoms with van der Waals surface area (Å²) in [4.78, 5) is 3.97. The van der Waals surface area contributed by atoms with Crippen LogP contribution in [0, 0.1) is 0 Å². The van der Waals surface area contributed by atoms with Gasteiger partial charge in [-0.1, -0.05) is 31.0 Å². The summed E-state index contributed by atoms with van der Waals surface area (Å²) >= 11 is 5.86. The Morgan fingerprint density at radius 3 is 2.85 bits per heavy atom. The van der Waals surface area contributed by atoms with Crippen molar-refractivity contribution >= 4 is 24.0 Å². The zero-order valence-electron chi connectivity index (χ0n) is 7.53. The maximum absolute atomic E-state index is 5.88. The van der Waals surface area contributed by atoms with Gasteiger partial charge in [-0.25, -0.2) is 4.98 Å². The molecule has 0 unspecified atom stereocenters. The summed E-state index contributed by atoms with van der Waals surface area (Å²) in [6.07, 6.45) is 3.68. The van der Waals surface area contributed by atoms with Crippen LogP contribution in [0.4, 0.5) is 0 Å². The van der Waals surface area contributed by atoms with E-state index in [2.05, 4.69) is 11.9 Å². The van der Waals surface area contributed by atoms with Gasteiger partial charge in [0.15, 0.2) is 0 Å². The third-order valence-electron chi connectivity index (χ3n) is 1.79. The first-order chi connectivity index (χ1) is 5.75. The van der Waals surface area contributed by atoms with Crippen LogP contribution in [0.25, 0.3) is 0 Å². The van der Waals surface area contributed by atoms with E-state index in [0.717, 1.165) is 18.4 Å². The predicted molar refractivity (Wildman–Crippen MR) is 58.3 cm³/mol. The van der Waals surface area contributed by atoms with E-state index < -0.39 is 0 Å². The predicted octanol–water partition coefficient (Wildman–Crippen LogP) is 2.96. The normalized spacial score (nSPS) is 11.9. The lowest BCUT2D eigenvalue weighted by Gasteiger charge is -2.10. The Kier molecular flexibility index (Phi) is 6.04. The van der Waals surface area contributed by atoms with E-state index in [1.165, 1.54) is 0 Å². The standard InChI is InChI=1S/C9H13ClN2.ClH/c1-2-4-8(11)7-5-3-6-12-9(7)10;/h3,5-6,8H,2,4,11H2,1H3;1H/t8-;/m1./s1. The van der Waals surface area contributed by atoms with Gasteiger partial charge in [0.2, 0.25) is 0 Å². The van der Waals surface area contributed by atoms with E-state index in [-0.39, 0.29) is 18.4 Å². The molecule has 13 heavy (non-hydrogen) atoms. The molecule has 74 valence electrons. The minimum atomic E-state index is 0. The lowest BCUT2D eigenvalue weighted by Crippen LogP contribution is -2.10. The van der Waals surface area contributed by atoms with Gasteiger partial charge in [-0.2, -0.15) is 0 Å². The van der Waals surface area contributed by atoms with E-state index in [1.807, 2.05) is 12.1 Å². The molecule has 0 amide bonds. The van der Waals surface area contributed by atoms with Crippen LogP contribution in [0.3, 0.4) is 0 Å². The molecule has 0 aliphatic heterocycles. The van der Waals surface area contributed by atoms with Crippen LogP contribution in [-0.2, 0) is 0 Å². The Bertz CT molecular complexity index is 253. The molecule has 1 atom stereocenters. The zero-order chi connectivity index (χ0) is 8.97. The molecule has 1 rings (SSSR count). The smallest absolute Gasteiger partial charge is 0.133 e. The second-order valence-electron chi connectivity index (χ2n) is 2.78. The van der Waals surface area contributed by atoms with Crippen LogP contribution in [0.15, 0.2) is 18.3 Å². The highest BCUT2D eigenvalue weighted by Gasteiger charge is 2.08. The monoisotopic (exact) mass is 220 g/mol. The Morgan fingerprint density at radius 2 is 2.31 bits per heavy atom. The Balaban J connectivity index is 0.00000144. The fourth-order valence-corrected chi connectivity index (χ4v) is 1.40. The molecule has 0 aromatic carbocycles. The molecule has 1 aromatic rings. The maximum atomic E-state index is 5.88. The molecule has 0 bridgehead atoms. The van der Waals surface area contributed by atoms with Gasteiger partial charge in [-0.15, -0.1) is 12.4 Å². The number of aromatic nitrogens is 1. The summed E-state index contributed by atoms with van der Waals surface area (Å²) in [5.74, 6) is 0. The molecule has 0 saturated carbocycles. The molecule has 0 spiro atoms. The van der Waals surface area contributed by atoms with Crippen LogP contribution in [0.1, 0.15) is 31.4 Å². The molecule has 1 aromatic heterocycles. The van der Waals surface area contributed by atoms with Crippen LogP contribution < -0.4 is 5.73 Å². The fraction of sp³-hybridized carbons (Fsp3) is 0.444. The Hall–Kier alpha value is -0.310. The minimum absolute atomic E-state index is 0. The van der Waals surface area contributed by atoms with Gasteiger partial charge in [-0.3, -0.25) is 0 Å². The highest BCUT2D eigenvalue weighted by atomic mass is 35.5. The fourth-order valence-electron chi connectivity index (χ4n) is 1.14.